The van der Waals surface area contributed by atoms with Gasteiger partial charge in [-0.15, -0.1) is 0 Å². The molecule has 1 aliphatic heterocycles. The number of allylic oxidation sites excluding steroid dienone is 1. The van der Waals surface area contributed by atoms with Gasteiger partial charge in [-0.1, -0.05) is 18.2 Å². The van der Waals surface area contributed by atoms with Gasteiger partial charge < -0.3 is 16.0 Å². The molecule has 5 nitrogen and oxygen atoms in total. The number of alkyl halides is 3. The van der Waals surface area contributed by atoms with Crippen molar-refractivity contribution in [3.63, 3.8) is 0 Å². The normalized spacial score (nSPS) is 17.0. The van der Waals surface area contributed by atoms with E-state index in [-0.39, 0.29) is 17.0 Å². The highest BCUT2D eigenvalue weighted by Crippen LogP contribution is 2.32. The van der Waals surface area contributed by atoms with Gasteiger partial charge in [-0.2, -0.15) is 13.2 Å². The molecule has 0 saturated heterocycles. The number of rotatable bonds is 3. The zero-order chi connectivity index (χ0) is 20.5. The zero-order valence-corrected chi connectivity index (χ0v) is 14.5. The average Bonchev–Trinajstić information content (AvgIpc) is 2.61. The lowest BCUT2D eigenvalue weighted by Crippen LogP contribution is -2.45. The molecule has 3 amide bonds. The van der Waals surface area contributed by atoms with Gasteiger partial charge in [0.2, 0.25) is 0 Å². The Hall–Kier alpha value is -3.36. The summed E-state index contributed by atoms with van der Waals surface area (Å²) in [4.78, 5) is 24.6. The number of amides is 3. The Labute approximate surface area is 157 Å². The molecular weight excluding hydrogens is 378 g/mol. The molecule has 0 unspecified atom stereocenters. The summed E-state index contributed by atoms with van der Waals surface area (Å²) in [7, 11) is 0. The minimum Gasteiger partial charge on any atom is -0.327 e. The number of carbonyl (C=O) groups is 2. The number of hydrogen-bond donors (Lipinski definition) is 3. The topological polar surface area (TPSA) is 70.2 Å². The summed E-state index contributed by atoms with van der Waals surface area (Å²) in [6.45, 7) is 1.50. The molecule has 0 aromatic heterocycles. The van der Waals surface area contributed by atoms with Gasteiger partial charge >= 0.3 is 12.2 Å². The van der Waals surface area contributed by atoms with Gasteiger partial charge in [0.05, 0.1) is 17.2 Å². The third kappa shape index (κ3) is 4.13. The molecule has 0 spiro atoms. The largest absolute Gasteiger partial charge is 0.416 e. The van der Waals surface area contributed by atoms with Crippen molar-refractivity contribution in [1.82, 2.24) is 10.6 Å². The highest BCUT2D eigenvalue weighted by molar-refractivity contribution is 6.06. The Balaban J connectivity index is 1.92. The van der Waals surface area contributed by atoms with E-state index < -0.39 is 35.5 Å². The smallest absolute Gasteiger partial charge is 0.327 e. The summed E-state index contributed by atoms with van der Waals surface area (Å²) < 4.78 is 51.8. The molecule has 9 heteroatoms. The van der Waals surface area contributed by atoms with Crippen molar-refractivity contribution in [1.29, 1.82) is 0 Å². The molecule has 1 atom stereocenters. The summed E-state index contributed by atoms with van der Waals surface area (Å²) in [6.07, 6.45) is -4.55. The van der Waals surface area contributed by atoms with E-state index in [1.54, 1.807) is 0 Å². The Morgan fingerprint density at radius 3 is 2.43 bits per heavy atom. The standard InChI is InChI=1S/C19H15F4N3O2/c1-10-15(16(26-18(28)24-10)11-5-7-13(20)8-6-11)17(27)25-14-4-2-3-12(9-14)19(21,22)23/h2-9,16H,1H3,(H,25,27)(H2,24,26,28)/t16-/m1/s1. The summed E-state index contributed by atoms with van der Waals surface area (Å²) in [5, 5.41) is 7.44. The maximum absolute atomic E-state index is 13.2. The minimum absolute atomic E-state index is 0.0464. The number of urea groups is 1. The van der Waals surface area contributed by atoms with Crippen molar-refractivity contribution in [3.05, 3.63) is 76.7 Å². The van der Waals surface area contributed by atoms with E-state index in [4.69, 9.17) is 0 Å². The molecule has 1 aliphatic rings. The van der Waals surface area contributed by atoms with Gasteiger partial charge in [-0.3, -0.25) is 4.79 Å². The number of anilines is 1. The van der Waals surface area contributed by atoms with Gasteiger partial charge in [-0.05, 0) is 42.8 Å². The Bertz CT molecular complexity index is 952. The van der Waals surface area contributed by atoms with Crippen molar-refractivity contribution in [2.45, 2.75) is 19.1 Å². The fourth-order valence-electron chi connectivity index (χ4n) is 2.87. The third-order valence-corrected chi connectivity index (χ3v) is 4.16. The predicted octanol–water partition coefficient (Wildman–Crippen LogP) is 4.11. The lowest BCUT2D eigenvalue weighted by atomic mass is 9.95. The Kier molecular flexibility index (Phi) is 5.08. The van der Waals surface area contributed by atoms with E-state index in [1.165, 1.54) is 43.3 Å². The summed E-state index contributed by atoms with van der Waals surface area (Å²) in [6, 6.07) is 7.96. The fraction of sp³-hybridized carbons (Fsp3) is 0.158. The van der Waals surface area contributed by atoms with Gasteiger partial charge in [0.15, 0.2) is 0 Å². The van der Waals surface area contributed by atoms with E-state index in [1.807, 2.05) is 0 Å². The number of nitrogens with one attached hydrogen (secondary N) is 3. The maximum Gasteiger partial charge on any atom is 0.416 e. The van der Waals surface area contributed by atoms with E-state index in [2.05, 4.69) is 16.0 Å². The summed E-state index contributed by atoms with van der Waals surface area (Å²) in [5.41, 5.74) is -0.160. The van der Waals surface area contributed by atoms with Crippen molar-refractivity contribution >= 4 is 17.6 Å². The molecule has 2 aromatic carbocycles. The lowest BCUT2D eigenvalue weighted by Gasteiger charge is -2.28. The van der Waals surface area contributed by atoms with Gasteiger partial charge in [-0.25, -0.2) is 9.18 Å². The SMILES string of the molecule is CC1=C(C(=O)Nc2cccc(C(F)(F)F)c2)[C@@H](c2ccc(F)cc2)NC(=O)N1. The molecule has 0 bridgehead atoms. The van der Waals surface area contributed by atoms with Crippen LogP contribution in [0.15, 0.2) is 59.8 Å². The molecule has 146 valence electrons. The summed E-state index contributed by atoms with van der Waals surface area (Å²) in [5.74, 6) is -1.18. The van der Waals surface area contributed by atoms with Crippen LogP contribution in [0.5, 0.6) is 0 Å². The van der Waals surface area contributed by atoms with Crippen LogP contribution in [0, 0.1) is 5.82 Å². The maximum atomic E-state index is 13.2. The summed E-state index contributed by atoms with van der Waals surface area (Å²) >= 11 is 0. The number of benzene rings is 2. The molecule has 3 N–H and O–H groups in total. The monoisotopic (exact) mass is 393 g/mol. The van der Waals surface area contributed by atoms with Crippen LogP contribution in [0.25, 0.3) is 0 Å². The van der Waals surface area contributed by atoms with Crippen LogP contribution in [0.1, 0.15) is 24.1 Å². The molecule has 2 aromatic rings. The number of hydrogen-bond acceptors (Lipinski definition) is 2. The van der Waals surface area contributed by atoms with E-state index >= 15 is 0 Å². The quantitative estimate of drug-likeness (QED) is 0.687. The van der Waals surface area contributed by atoms with Gasteiger partial charge in [0.1, 0.15) is 5.82 Å². The lowest BCUT2D eigenvalue weighted by molar-refractivity contribution is -0.137. The molecule has 0 radical (unpaired) electrons. The third-order valence-electron chi connectivity index (χ3n) is 4.16. The Morgan fingerprint density at radius 2 is 1.79 bits per heavy atom. The van der Waals surface area contributed by atoms with Crippen LogP contribution in [0.4, 0.5) is 28.0 Å². The van der Waals surface area contributed by atoms with Crippen LogP contribution in [0.2, 0.25) is 0 Å². The average molecular weight is 393 g/mol. The molecule has 28 heavy (non-hydrogen) atoms. The Morgan fingerprint density at radius 1 is 1.11 bits per heavy atom. The molecule has 0 saturated carbocycles. The molecular formula is C19H15F4N3O2. The van der Waals surface area contributed by atoms with E-state index in [9.17, 15) is 27.2 Å². The van der Waals surface area contributed by atoms with Crippen molar-refractivity contribution in [2.75, 3.05) is 5.32 Å². The minimum atomic E-state index is -4.55. The second kappa shape index (κ2) is 7.34. The van der Waals surface area contributed by atoms with E-state index in [0.29, 0.717) is 5.56 Å². The van der Waals surface area contributed by atoms with Gasteiger partial charge in [0.25, 0.3) is 5.91 Å². The van der Waals surface area contributed by atoms with Crippen molar-refractivity contribution in [3.8, 4) is 0 Å². The second-order valence-electron chi connectivity index (χ2n) is 6.15. The van der Waals surface area contributed by atoms with Crippen LogP contribution >= 0.6 is 0 Å². The fourth-order valence-corrected chi connectivity index (χ4v) is 2.87. The van der Waals surface area contributed by atoms with Crippen LogP contribution in [-0.4, -0.2) is 11.9 Å². The predicted molar refractivity (Wildman–Crippen MR) is 93.6 cm³/mol. The zero-order valence-electron chi connectivity index (χ0n) is 14.5. The number of halogens is 4. The first-order valence-electron chi connectivity index (χ1n) is 8.17. The first-order chi connectivity index (χ1) is 13.1. The highest BCUT2D eigenvalue weighted by atomic mass is 19.4. The van der Waals surface area contributed by atoms with E-state index in [0.717, 1.165) is 12.1 Å². The van der Waals surface area contributed by atoms with Crippen molar-refractivity contribution in [2.24, 2.45) is 0 Å². The first-order valence-corrected chi connectivity index (χ1v) is 8.17. The van der Waals surface area contributed by atoms with Crippen molar-refractivity contribution < 1.29 is 27.2 Å². The second-order valence-corrected chi connectivity index (χ2v) is 6.15. The first kappa shape index (κ1) is 19.4. The van der Waals surface area contributed by atoms with Crippen LogP contribution < -0.4 is 16.0 Å². The molecule has 0 aliphatic carbocycles. The van der Waals surface area contributed by atoms with Gasteiger partial charge in [0, 0.05) is 11.4 Å². The number of carbonyl (C=O) groups excluding carboxylic acids is 2. The molecule has 3 rings (SSSR count). The highest BCUT2D eigenvalue weighted by Gasteiger charge is 2.33. The van der Waals surface area contributed by atoms with Crippen LogP contribution in [0.3, 0.4) is 0 Å². The molecule has 0 fully saturated rings. The molecule has 1 heterocycles. The van der Waals surface area contributed by atoms with Crippen LogP contribution in [-0.2, 0) is 11.0 Å².